The summed E-state index contributed by atoms with van der Waals surface area (Å²) in [6, 6.07) is 8.00. The number of cyclic esters (lactones) is 1. The fourth-order valence-electron chi connectivity index (χ4n) is 3.90. The summed E-state index contributed by atoms with van der Waals surface area (Å²) in [5.74, 6) is -0.0150. The van der Waals surface area contributed by atoms with Crippen molar-refractivity contribution in [3.8, 4) is 0 Å². The third-order valence-electron chi connectivity index (χ3n) is 5.16. The van der Waals surface area contributed by atoms with Crippen LogP contribution in [0.2, 0.25) is 0 Å². The largest absolute Gasteiger partial charge is 0.448 e. The number of carbonyl (C=O) groups is 2. The molecule has 122 valence electrons. The van der Waals surface area contributed by atoms with Gasteiger partial charge in [0.25, 0.3) is 5.91 Å². The summed E-state index contributed by atoms with van der Waals surface area (Å²) >= 11 is 0. The molecule has 4 rings (SSSR count). The van der Waals surface area contributed by atoms with E-state index in [9.17, 15) is 9.59 Å². The monoisotopic (exact) mass is 315 g/mol. The first-order valence-electron chi connectivity index (χ1n) is 8.28. The van der Waals surface area contributed by atoms with Gasteiger partial charge in [-0.25, -0.2) is 4.79 Å². The summed E-state index contributed by atoms with van der Waals surface area (Å²) < 4.78 is 5.33. The van der Waals surface area contributed by atoms with Crippen LogP contribution in [-0.2, 0) is 16.0 Å². The Bertz CT molecular complexity index is 633. The molecule has 1 amide bonds. The maximum atomic E-state index is 12.5. The maximum absolute atomic E-state index is 12.5. The number of carbonyl (C=O) groups excluding carboxylic acids is 2. The molecule has 0 radical (unpaired) electrons. The predicted octanol–water partition coefficient (Wildman–Crippen LogP) is 0.529. The predicted molar refractivity (Wildman–Crippen MR) is 83.5 cm³/mol. The van der Waals surface area contributed by atoms with Crippen molar-refractivity contribution in [3.05, 3.63) is 35.4 Å². The van der Waals surface area contributed by atoms with Crippen LogP contribution in [0.1, 0.15) is 35.2 Å². The molecular formula is C17H21N3O3. The van der Waals surface area contributed by atoms with E-state index in [2.05, 4.69) is 16.2 Å². The Hall–Kier alpha value is -1.92. The number of hydrazine groups is 1. The number of amides is 1. The van der Waals surface area contributed by atoms with E-state index >= 15 is 0 Å². The van der Waals surface area contributed by atoms with Gasteiger partial charge >= 0.3 is 5.97 Å². The number of benzene rings is 1. The van der Waals surface area contributed by atoms with Crippen LogP contribution in [-0.4, -0.2) is 36.6 Å². The van der Waals surface area contributed by atoms with Gasteiger partial charge in [0, 0.05) is 25.0 Å². The summed E-state index contributed by atoms with van der Waals surface area (Å²) in [7, 11) is 0. The first-order valence-corrected chi connectivity index (χ1v) is 8.28. The van der Waals surface area contributed by atoms with Crippen LogP contribution >= 0.6 is 0 Å². The highest BCUT2D eigenvalue weighted by Gasteiger charge is 2.36. The summed E-state index contributed by atoms with van der Waals surface area (Å²) in [6.45, 7) is 0.947. The van der Waals surface area contributed by atoms with E-state index in [1.165, 1.54) is 0 Å². The first kappa shape index (κ1) is 14.7. The average molecular weight is 315 g/mol. The highest BCUT2D eigenvalue weighted by atomic mass is 16.5. The molecule has 4 unspecified atom stereocenters. The van der Waals surface area contributed by atoms with Gasteiger partial charge in [-0.2, -0.15) is 0 Å². The molecule has 3 aliphatic rings. The Balaban J connectivity index is 1.39. The van der Waals surface area contributed by atoms with Crippen LogP contribution in [0.15, 0.2) is 24.3 Å². The minimum Gasteiger partial charge on any atom is -0.448 e. The van der Waals surface area contributed by atoms with Crippen molar-refractivity contribution in [2.45, 2.75) is 43.9 Å². The number of hydrogen-bond acceptors (Lipinski definition) is 5. The minimum absolute atomic E-state index is 0.168. The fourth-order valence-corrected chi connectivity index (χ4v) is 3.90. The molecular weight excluding hydrogens is 294 g/mol. The second kappa shape index (κ2) is 5.94. The molecule has 4 atom stereocenters. The van der Waals surface area contributed by atoms with Gasteiger partial charge in [-0.15, -0.1) is 0 Å². The quantitative estimate of drug-likeness (QED) is 0.694. The Morgan fingerprint density at radius 2 is 2.13 bits per heavy atom. The average Bonchev–Trinajstić information content (AvgIpc) is 3.02. The molecule has 23 heavy (non-hydrogen) atoms. The second-order valence-corrected chi connectivity index (χ2v) is 6.67. The van der Waals surface area contributed by atoms with E-state index in [1.54, 1.807) is 6.07 Å². The fraction of sp³-hybridized carbons (Fsp3) is 0.529. The van der Waals surface area contributed by atoms with Crippen LogP contribution in [0.25, 0.3) is 0 Å². The van der Waals surface area contributed by atoms with Gasteiger partial charge in [0.15, 0.2) is 6.10 Å². The number of nitrogens with one attached hydrogen (secondary N) is 3. The van der Waals surface area contributed by atoms with E-state index < -0.39 is 12.1 Å². The molecule has 6 nitrogen and oxygen atoms in total. The Morgan fingerprint density at radius 1 is 1.26 bits per heavy atom. The zero-order chi connectivity index (χ0) is 15.8. The topological polar surface area (TPSA) is 79.5 Å². The highest BCUT2D eigenvalue weighted by Crippen LogP contribution is 2.27. The molecule has 1 aromatic rings. The number of ether oxygens (including phenoxy) is 1. The normalized spacial score (nSPS) is 32.6. The van der Waals surface area contributed by atoms with E-state index in [1.807, 2.05) is 18.2 Å². The van der Waals surface area contributed by atoms with E-state index in [0.29, 0.717) is 23.9 Å². The van der Waals surface area contributed by atoms with Gasteiger partial charge in [-0.1, -0.05) is 18.2 Å². The van der Waals surface area contributed by atoms with E-state index in [-0.39, 0.29) is 11.9 Å². The summed E-state index contributed by atoms with van der Waals surface area (Å²) in [4.78, 5) is 24.5. The van der Waals surface area contributed by atoms with Crippen LogP contribution in [0, 0.1) is 5.92 Å². The SMILES string of the molecule is O=C1OC(C(=O)NC2CCC3NNCC3C2)Cc2ccccc21. The van der Waals surface area contributed by atoms with Crippen molar-refractivity contribution in [1.82, 2.24) is 16.2 Å². The molecule has 6 heteroatoms. The van der Waals surface area contributed by atoms with Crippen molar-refractivity contribution in [2.24, 2.45) is 5.92 Å². The second-order valence-electron chi connectivity index (χ2n) is 6.67. The molecule has 0 aromatic heterocycles. The van der Waals surface area contributed by atoms with E-state index in [0.717, 1.165) is 31.4 Å². The van der Waals surface area contributed by atoms with Crippen molar-refractivity contribution in [2.75, 3.05) is 6.54 Å². The van der Waals surface area contributed by atoms with Gasteiger partial charge in [-0.3, -0.25) is 15.6 Å². The molecule has 2 aliphatic heterocycles. The van der Waals surface area contributed by atoms with Gasteiger partial charge < -0.3 is 10.1 Å². The molecule has 3 N–H and O–H groups in total. The van der Waals surface area contributed by atoms with Crippen molar-refractivity contribution >= 4 is 11.9 Å². The molecule has 0 spiro atoms. The summed E-state index contributed by atoms with van der Waals surface area (Å²) in [5.41, 5.74) is 7.92. The molecule has 2 heterocycles. The molecule has 0 bridgehead atoms. The standard InChI is InChI=1S/C17H21N3O3/c21-16(19-12-5-6-14-11(7-12)9-18-20-14)15-8-10-3-1-2-4-13(10)17(22)23-15/h1-4,11-12,14-15,18,20H,5-9H2,(H,19,21). The number of hydrogen-bond donors (Lipinski definition) is 3. The lowest BCUT2D eigenvalue weighted by Gasteiger charge is -2.32. The number of esters is 1. The van der Waals surface area contributed by atoms with Crippen molar-refractivity contribution in [1.29, 1.82) is 0 Å². The molecule has 1 aliphatic carbocycles. The smallest absolute Gasteiger partial charge is 0.339 e. The third-order valence-corrected chi connectivity index (χ3v) is 5.16. The van der Waals surface area contributed by atoms with E-state index in [4.69, 9.17) is 4.74 Å². The highest BCUT2D eigenvalue weighted by molar-refractivity contribution is 5.95. The lowest BCUT2D eigenvalue weighted by Crippen LogP contribution is -2.49. The maximum Gasteiger partial charge on any atom is 0.339 e. The summed E-state index contributed by atoms with van der Waals surface area (Å²) in [6.07, 6.45) is 2.72. The lowest BCUT2D eigenvalue weighted by molar-refractivity contribution is -0.131. The van der Waals surface area contributed by atoms with Crippen LogP contribution in [0.3, 0.4) is 0 Å². The molecule has 2 fully saturated rings. The molecule has 1 aromatic carbocycles. The third kappa shape index (κ3) is 2.84. The molecule has 1 saturated heterocycles. The lowest BCUT2D eigenvalue weighted by atomic mass is 9.83. The van der Waals surface area contributed by atoms with Crippen LogP contribution in [0.5, 0.6) is 0 Å². The van der Waals surface area contributed by atoms with Crippen molar-refractivity contribution < 1.29 is 14.3 Å². The Kier molecular flexibility index (Phi) is 3.79. The minimum atomic E-state index is -0.713. The van der Waals surface area contributed by atoms with Gasteiger partial charge in [0.1, 0.15) is 0 Å². The van der Waals surface area contributed by atoms with Crippen LogP contribution < -0.4 is 16.2 Å². The Morgan fingerprint density at radius 3 is 3.04 bits per heavy atom. The van der Waals surface area contributed by atoms with Gasteiger partial charge in [-0.05, 0) is 36.8 Å². The Labute approximate surface area is 134 Å². The molecule has 1 saturated carbocycles. The first-order chi connectivity index (χ1) is 11.2. The number of rotatable bonds is 2. The van der Waals surface area contributed by atoms with Gasteiger partial charge in [0.05, 0.1) is 5.56 Å². The van der Waals surface area contributed by atoms with Crippen molar-refractivity contribution in [3.63, 3.8) is 0 Å². The number of fused-ring (bicyclic) bond motifs is 2. The zero-order valence-corrected chi connectivity index (χ0v) is 12.9. The summed E-state index contributed by atoms with van der Waals surface area (Å²) in [5, 5.41) is 3.08. The zero-order valence-electron chi connectivity index (χ0n) is 12.9. The van der Waals surface area contributed by atoms with Crippen LogP contribution in [0.4, 0.5) is 0 Å². The van der Waals surface area contributed by atoms with Gasteiger partial charge in [0.2, 0.25) is 0 Å².